The fourth-order valence-electron chi connectivity index (χ4n) is 2.51. The molecule has 21 heavy (non-hydrogen) atoms. The molecule has 0 saturated heterocycles. The Bertz CT molecular complexity index is 764. The normalized spacial score (nSPS) is 10.7. The number of aromatic hydroxyl groups is 1. The van der Waals surface area contributed by atoms with E-state index >= 15 is 0 Å². The molecule has 0 aliphatic rings. The summed E-state index contributed by atoms with van der Waals surface area (Å²) in [5.74, 6) is 0.604. The van der Waals surface area contributed by atoms with Crippen LogP contribution >= 0.6 is 0 Å². The van der Waals surface area contributed by atoms with Crippen LogP contribution < -0.4 is 4.73 Å². The molecule has 0 atom stereocenters. The molecule has 106 valence electrons. The van der Waals surface area contributed by atoms with Gasteiger partial charge < -0.3 is 10.3 Å². The lowest BCUT2D eigenvalue weighted by atomic mass is 10.1. The number of aromatic amines is 1. The molecule has 0 bridgehead atoms. The first-order valence-corrected chi connectivity index (χ1v) is 6.92. The maximum absolute atomic E-state index is 10.4. The Kier molecular flexibility index (Phi) is 3.36. The number of nitrogens with one attached hydrogen (secondary N) is 1. The van der Waals surface area contributed by atoms with Gasteiger partial charge in [0.1, 0.15) is 11.3 Å². The van der Waals surface area contributed by atoms with E-state index in [4.69, 9.17) is 0 Å². The standard InChI is InChI=1S/C17H16N2O2/c1-2-14-16(12-8-4-3-5-9-12)18-17(19(14)21)13-10-6-7-11-15(13)20/h3-11,21H,2H2,1H3,(H,18,20)/p+1. The monoisotopic (exact) mass is 281 g/mol. The minimum atomic E-state index is 0.129. The predicted molar refractivity (Wildman–Crippen MR) is 80.1 cm³/mol. The minimum Gasteiger partial charge on any atom is -0.507 e. The Morgan fingerprint density at radius 1 is 1.00 bits per heavy atom. The Hall–Kier alpha value is -2.75. The van der Waals surface area contributed by atoms with Crippen molar-refractivity contribution in [3.8, 4) is 28.4 Å². The van der Waals surface area contributed by atoms with E-state index in [9.17, 15) is 10.3 Å². The molecule has 0 aliphatic heterocycles. The van der Waals surface area contributed by atoms with Crippen LogP contribution in [0.5, 0.6) is 5.75 Å². The van der Waals surface area contributed by atoms with Gasteiger partial charge in [-0.15, -0.1) is 0 Å². The molecule has 3 N–H and O–H groups in total. The number of phenolic OH excluding ortho intramolecular Hbond substituents is 1. The van der Waals surface area contributed by atoms with E-state index in [0.717, 1.165) is 21.7 Å². The van der Waals surface area contributed by atoms with Crippen molar-refractivity contribution in [2.24, 2.45) is 0 Å². The van der Waals surface area contributed by atoms with Gasteiger partial charge in [0.2, 0.25) is 0 Å². The lowest BCUT2D eigenvalue weighted by molar-refractivity contribution is -0.899. The molecule has 0 unspecified atom stereocenters. The van der Waals surface area contributed by atoms with Gasteiger partial charge in [0.05, 0.1) is 0 Å². The Balaban J connectivity index is 2.21. The maximum Gasteiger partial charge on any atom is 0.330 e. The van der Waals surface area contributed by atoms with Crippen LogP contribution in [0.2, 0.25) is 0 Å². The number of rotatable bonds is 3. The van der Waals surface area contributed by atoms with E-state index in [1.807, 2.05) is 43.3 Å². The van der Waals surface area contributed by atoms with Crippen molar-refractivity contribution in [3.05, 3.63) is 60.3 Å². The molecule has 0 fully saturated rings. The van der Waals surface area contributed by atoms with Gasteiger partial charge >= 0.3 is 5.82 Å². The molecule has 4 nitrogen and oxygen atoms in total. The summed E-state index contributed by atoms with van der Waals surface area (Å²) >= 11 is 0. The second-order valence-corrected chi connectivity index (χ2v) is 4.84. The van der Waals surface area contributed by atoms with Gasteiger partial charge in [0, 0.05) is 12.0 Å². The lowest BCUT2D eigenvalue weighted by Gasteiger charge is -1.98. The molecule has 1 aromatic heterocycles. The average Bonchev–Trinajstić information content (AvgIpc) is 2.85. The number of nitrogens with zero attached hydrogens (tertiary/aromatic N) is 1. The number of benzene rings is 2. The summed E-state index contributed by atoms with van der Waals surface area (Å²) in [6, 6.07) is 16.8. The number of hydrogen-bond donors (Lipinski definition) is 3. The predicted octanol–water partition coefficient (Wildman–Crippen LogP) is 3.14. The van der Waals surface area contributed by atoms with Crippen molar-refractivity contribution in [1.82, 2.24) is 4.98 Å². The SMILES string of the molecule is CCc1c(-c2ccccc2)[nH]c(-c2ccccc2O)[n+]1O. The van der Waals surface area contributed by atoms with E-state index < -0.39 is 0 Å². The zero-order valence-electron chi connectivity index (χ0n) is 11.7. The molecule has 3 aromatic rings. The highest BCUT2D eigenvalue weighted by molar-refractivity contribution is 5.67. The van der Waals surface area contributed by atoms with Crippen molar-refractivity contribution in [3.63, 3.8) is 0 Å². The maximum atomic E-state index is 10.4. The van der Waals surface area contributed by atoms with E-state index in [1.54, 1.807) is 18.2 Å². The molecular formula is C17H17N2O2+. The van der Waals surface area contributed by atoms with Gasteiger partial charge in [0.15, 0.2) is 11.4 Å². The summed E-state index contributed by atoms with van der Waals surface area (Å²) in [6.07, 6.45) is 0.671. The Labute approximate surface area is 122 Å². The van der Waals surface area contributed by atoms with Crippen molar-refractivity contribution < 1.29 is 15.0 Å². The lowest BCUT2D eigenvalue weighted by Crippen LogP contribution is -2.35. The number of imidazole rings is 1. The smallest absolute Gasteiger partial charge is 0.330 e. The highest BCUT2D eigenvalue weighted by Gasteiger charge is 2.27. The molecule has 0 aliphatic carbocycles. The Morgan fingerprint density at radius 3 is 2.33 bits per heavy atom. The van der Waals surface area contributed by atoms with E-state index in [-0.39, 0.29) is 5.75 Å². The zero-order valence-corrected chi connectivity index (χ0v) is 11.7. The Morgan fingerprint density at radius 2 is 1.67 bits per heavy atom. The first-order chi connectivity index (χ1) is 10.2. The molecule has 0 radical (unpaired) electrons. The first-order valence-electron chi connectivity index (χ1n) is 6.92. The largest absolute Gasteiger partial charge is 0.507 e. The van der Waals surface area contributed by atoms with Crippen molar-refractivity contribution in [2.45, 2.75) is 13.3 Å². The molecule has 0 spiro atoms. The van der Waals surface area contributed by atoms with Crippen LogP contribution in [0.3, 0.4) is 0 Å². The van der Waals surface area contributed by atoms with Crippen molar-refractivity contribution in [1.29, 1.82) is 0 Å². The third-order valence-corrected chi connectivity index (χ3v) is 3.56. The van der Waals surface area contributed by atoms with E-state index in [1.165, 1.54) is 0 Å². The minimum absolute atomic E-state index is 0.129. The molecule has 0 saturated carbocycles. The zero-order chi connectivity index (χ0) is 14.8. The average molecular weight is 281 g/mol. The summed E-state index contributed by atoms with van der Waals surface area (Å²) in [4.78, 5) is 3.23. The molecular weight excluding hydrogens is 264 g/mol. The van der Waals surface area contributed by atoms with Crippen molar-refractivity contribution in [2.75, 3.05) is 0 Å². The number of aromatic nitrogens is 2. The van der Waals surface area contributed by atoms with Gasteiger partial charge in [0.25, 0.3) is 0 Å². The van der Waals surface area contributed by atoms with Crippen LogP contribution in [0.4, 0.5) is 0 Å². The fraction of sp³-hybridized carbons (Fsp3) is 0.118. The van der Waals surface area contributed by atoms with E-state index in [2.05, 4.69) is 4.98 Å². The number of phenols is 1. The molecule has 3 rings (SSSR count). The van der Waals surface area contributed by atoms with Crippen LogP contribution in [0.1, 0.15) is 12.6 Å². The number of para-hydroxylation sites is 1. The van der Waals surface area contributed by atoms with Crippen LogP contribution in [0.15, 0.2) is 54.6 Å². The quantitative estimate of drug-likeness (QED) is 0.510. The molecule has 0 amide bonds. The second-order valence-electron chi connectivity index (χ2n) is 4.84. The fourth-order valence-corrected chi connectivity index (χ4v) is 2.51. The van der Waals surface area contributed by atoms with Crippen LogP contribution in [0, 0.1) is 0 Å². The van der Waals surface area contributed by atoms with Crippen LogP contribution in [0.25, 0.3) is 22.6 Å². The van der Waals surface area contributed by atoms with Crippen LogP contribution in [-0.4, -0.2) is 15.3 Å². The summed E-state index contributed by atoms with van der Waals surface area (Å²) in [5, 5.41) is 20.4. The second kappa shape index (κ2) is 5.32. The van der Waals surface area contributed by atoms with Gasteiger partial charge in [-0.3, -0.25) is 0 Å². The number of hydrogen-bond acceptors (Lipinski definition) is 2. The highest BCUT2D eigenvalue weighted by Crippen LogP contribution is 2.29. The third kappa shape index (κ3) is 2.25. The molecule has 2 aromatic carbocycles. The summed E-state index contributed by atoms with van der Waals surface area (Å²) < 4.78 is 1.12. The van der Waals surface area contributed by atoms with Crippen molar-refractivity contribution >= 4 is 0 Å². The van der Waals surface area contributed by atoms with Gasteiger partial charge in [-0.1, -0.05) is 49.4 Å². The summed E-state index contributed by atoms with van der Waals surface area (Å²) in [6.45, 7) is 1.98. The van der Waals surface area contributed by atoms with Gasteiger partial charge in [-0.05, 0) is 16.9 Å². The van der Waals surface area contributed by atoms with Crippen LogP contribution in [-0.2, 0) is 6.42 Å². The van der Waals surface area contributed by atoms with Gasteiger partial charge in [-0.2, -0.15) is 0 Å². The van der Waals surface area contributed by atoms with Gasteiger partial charge in [-0.25, -0.2) is 4.98 Å². The first kappa shape index (κ1) is 13.2. The topological polar surface area (TPSA) is 60.1 Å². The summed E-state index contributed by atoms with van der Waals surface area (Å²) in [7, 11) is 0. The highest BCUT2D eigenvalue weighted by atomic mass is 16.5. The molecule has 1 heterocycles. The third-order valence-electron chi connectivity index (χ3n) is 3.56. The molecule has 4 heteroatoms. The number of H-pyrrole nitrogens is 1. The van der Waals surface area contributed by atoms with E-state index in [0.29, 0.717) is 17.8 Å². The summed E-state index contributed by atoms with van der Waals surface area (Å²) in [5.41, 5.74) is 3.20.